The molecule has 0 amide bonds. The molecular formula is C19H17N3O2S. The molecule has 5 nitrogen and oxygen atoms in total. The molecule has 0 atom stereocenters. The summed E-state index contributed by atoms with van der Waals surface area (Å²) in [5.74, 6) is 0. The SMILES string of the molecule is CN(Cc1cc(-c2cccs2)n[nH]1)Cc1coc2ccccc2c1=O. The highest BCUT2D eigenvalue weighted by Crippen LogP contribution is 2.23. The topological polar surface area (TPSA) is 62.1 Å². The lowest BCUT2D eigenvalue weighted by Gasteiger charge is -2.14. The number of rotatable bonds is 5. The Kier molecular flexibility index (Phi) is 4.21. The smallest absolute Gasteiger partial charge is 0.197 e. The van der Waals surface area contributed by atoms with E-state index in [-0.39, 0.29) is 5.43 Å². The highest BCUT2D eigenvalue weighted by atomic mass is 32.1. The van der Waals surface area contributed by atoms with Crippen molar-refractivity contribution in [3.63, 3.8) is 0 Å². The number of aromatic nitrogens is 2. The number of hydrogen-bond acceptors (Lipinski definition) is 5. The summed E-state index contributed by atoms with van der Waals surface area (Å²) in [4.78, 5) is 15.8. The molecule has 0 saturated carbocycles. The molecular weight excluding hydrogens is 334 g/mol. The van der Waals surface area contributed by atoms with Gasteiger partial charge < -0.3 is 4.42 Å². The lowest BCUT2D eigenvalue weighted by molar-refractivity contribution is 0.311. The van der Waals surface area contributed by atoms with E-state index in [0.29, 0.717) is 29.6 Å². The minimum Gasteiger partial charge on any atom is -0.464 e. The molecule has 3 heterocycles. The van der Waals surface area contributed by atoms with Gasteiger partial charge in [0.1, 0.15) is 11.3 Å². The predicted octanol–water partition coefficient (Wildman–Crippen LogP) is 3.88. The van der Waals surface area contributed by atoms with Crippen molar-refractivity contribution in [1.82, 2.24) is 15.1 Å². The van der Waals surface area contributed by atoms with Crippen molar-refractivity contribution < 1.29 is 4.42 Å². The quantitative estimate of drug-likeness (QED) is 0.593. The van der Waals surface area contributed by atoms with Crippen LogP contribution in [0.25, 0.3) is 21.5 Å². The maximum atomic E-state index is 12.6. The first kappa shape index (κ1) is 15.8. The van der Waals surface area contributed by atoms with Gasteiger partial charge in [0.2, 0.25) is 0 Å². The van der Waals surface area contributed by atoms with E-state index in [1.165, 1.54) is 0 Å². The van der Waals surface area contributed by atoms with Gasteiger partial charge in [0.25, 0.3) is 0 Å². The third kappa shape index (κ3) is 3.26. The highest BCUT2D eigenvalue weighted by Gasteiger charge is 2.11. The summed E-state index contributed by atoms with van der Waals surface area (Å²) >= 11 is 1.66. The zero-order valence-corrected chi connectivity index (χ0v) is 14.5. The van der Waals surface area contributed by atoms with Gasteiger partial charge in [0.05, 0.1) is 16.5 Å². The number of H-pyrrole nitrogens is 1. The highest BCUT2D eigenvalue weighted by molar-refractivity contribution is 7.13. The molecule has 4 rings (SSSR count). The monoisotopic (exact) mass is 351 g/mol. The third-order valence-corrected chi connectivity index (χ3v) is 4.93. The fourth-order valence-electron chi connectivity index (χ4n) is 2.86. The lowest BCUT2D eigenvalue weighted by atomic mass is 10.1. The molecule has 126 valence electrons. The van der Waals surface area contributed by atoms with Crippen molar-refractivity contribution in [1.29, 1.82) is 0 Å². The van der Waals surface area contributed by atoms with E-state index in [1.54, 1.807) is 29.7 Å². The van der Waals surface area contributed by atoms with Gasteiger partial charge in [-0.2, -0.15) is 5.10 Å². The van der Waals surface area contributed by atoms with Crippen LogP contribution in [0.5, 0.6) is 0 Å². The van der Waals surface area contributed by atoms with Crippen LogP contribution in [-0.2, 0) is 13.1 Å². The summed E-state index contributed by atoms with van der Waals surface area (Å²) in [6.45, 7) is 1.19. The molecule has 0 unspecified atom stereocenters. The average molecular weight is 351 g/mol. The van der Waals surface area contributed by atoms with Crippen LogP contribution in [0.2, 0.25) is 0 Å². The number of thiophene rings is 1. The van der Waals surface area contributed by atoms with Crippen molar-refractivity contribution in [2.45, 2.75) is 13.1 Å². The molecule has 0 spiro atoms. The predicted molar refractivity (Wildman–Crippen MR) is 99.6 cm³/mol. The molecule has 0 aliphatic heterocycles. The van der Waals surface area contributed by atoms with Crippen LogP contribution < -0.4 is 5.43 Å². The molecule has 4 aromatic rings. The number of benzene rings is 1. The third-order valence-electron chi connectivity index (χ3n) is 4.04. The van der Waals surface area contributed by atoms with Crippen LogP contribution in [0, 0.1) is 0 Å². The molecule has 1 aromatic carbocycles. The van der Waals surface area contributed by atoms with Crippen molar-refractivity contribution >= 4 is 22.3 Å². The summed E-state index contributed by atoms with van der Waals surface area (Å²) < 4.78 is 5.58. The van der Waals surface area contributed by atoms with Gasteiger partial charge in [-0.3, -0.25) is 14.8 Å². The van der Waals surface area contributed by atoms with Crippen molar-refractivity contribution in [3.8, 4) is 10.6 Å². The Labute approximate surface area is 148 Å². The van der Waals surface area contributed by atoms with E-state index in [9.17, 15) is 4.79 Å². The van der Waals surface area contributed by atoms with Crippen LogP contribution in [0.1, 0.15) is 11.3 Å². The summed E-state index contributed by atoms with van der Waals surface area (Å²) in [5, 5.41) is 10.1. The minimum absolute atomic E-state index is 0.0255. The van der Waals surface area contributed by atoms with Gasteiger partial charge in [-0.1, -0.05) is 18.2 Å². The molecule has 0 bridgehead atoms. The second-order valence-electron chi connectivity index (χ2n) is 6.01. The number of aromatic amines is 1. The van der Waals surface area contributed by atoms with Crippen molar-refractivity contribution in [2.24, 2.45) is 0 Å². The maximum absolute atomic E-state index is 12.6. The summed E-state index contributed by atoms with van der Waals surface area (Å²) in [6.07, 6.45) is 1.56. The normalized spacial score (nSPS) is 11.4. The van der Waals surface area contributed by atoms with E-state index < -0.39 is 0 Å². The molecule has 6 heteroatoms. The Morgan fingerprint density at radius 3 is 2.92 bits per heavy atom. The number of nitrogens with zero attached hydrogens (tertiary/aromatic N) is 2. The molecule has 3 aromatic heterocycles. The van der Waals surface area contributed by atoms with Crippen LogP contribution in [0.4, 0.5) is 0 Å². The first-order chi connectivity index (χ1) is 12.2. The van der Waals surface area contributed by atoms with Gasteiger partial charge >= 0.3 is 0 Å². The molecule has 0 aliphatic rings. The van der Waals surface area contributed by atoms with Gasteiger partial charge in [0, 0.05) is 24.3 Å². The molecule has 0 aliphatic carbocycles. The summed E-state index contributed by atoms with van der Waals surface area (Å²) in [5.41, 5.74) is 3.25. The van der Waals surface area contributed by atoms with E-state index in [4.69, 9.17) is 4.42 Å². The molecule has 0 fully saturated rings. The van der Waals surface area contributed by atoms with Crippen LogP contribution >= 0.6 is 11.3 Å². The number of fused-ring (bicyclic) bond motifs is 1. The first-order valence-corrected chi connectivity index (χ1v) is 8.85. The molecule has 1 N–H and O–H groups in total. The average Bonchev–Trinajstić information content (AvgIpc) is 3.29. The Balaban J connectivity index is 1.50. The minimum atomic E-state index is 0.0255. The molecule has 0 radical (unpaired) electrons. The molecule has 25 heavy (non-hydrogen) atoms. The van der Waals surface area contributed by atoms with E-state index in [2.05, 4.69) is 21.2 Å². The maximum Gasteiger partial charge on any atom is 0.197 e. The Morgan fingerprint density at radius 1 is 1.20 bits per heavy atom. The molecule has 0 saturated heterocycles. The van der Waals surface area contributed by atoms with Gasteiger partial charge in [-0.05, 0) is 36.7 Å². The van der Waals surface area contributed by atoms with Crippen molar-refractivity contribution in [2.75, 3.05) is 7.05 Å². The largest absolute Gasteiger partial charge is 0.464 e. The van der Waals surface area contributed by atoms with E-state index in [0.717, 1.165) is 16.3 Å². The Bertz CT molecular complexity index is 1050. The second-order valence-corrected chi connectivity index (χ2v) is 6.96. The summed E-state index contributed by atoms with van der Waals surface area (Å²) in [6, 6.07) is 13.4. The Morgan fingerprint density at radius 2 is 2.08 bits per heavy atom. The Hall–Kier alpha value is -2.70. The number of para-hydroxylation sites is 1. The number of hydrogen-bond donors (Lipinski definition) is 1. The zero-order chi connectivity index (χ0) is 17.2. The van der Waals surface area contributed by atoms with Gasteiger partial charge in [-0.25, -0.2) is 0 Å². The second kappa shape index (κ2) is 6.66. The standard InChI is InChI=1S/C19H17N3O2S/c1-22(11-14-9-16(21-20-14)18-7-4-8-25-18)10-13-12-24-17-6-3-2-5-15(17)19(13)23/h2-9,12H,10-11H2,1H3,(H,20,21). The van der Waals surface area contributed by atoms with E-state index >= 15 is 0 Å². The van der Waals surface area contributed by atoms with Crippen LogP contribution in [0.15, 0.2) is 63.3 Å². The van der Waals surface area contributed by atoms with E-state index in [1.807, 2.05) is 36.7 Å². The first-order valence-electron chi connectivity index (χ1n) is 7.97. The lowest BCUT2D eigenvalue weighted by Crippen LogP contribution is -2.22. The van der Waals surface area contributed by atoms with Crippen LogP contribution in [-0.4, -0.2) is 22.1 Å². The summed E-state index contributed by atoms with van der Waals surface area (Å²) in [7, 11) is 1.97. The zero-order valence-electron chi connectivity index (χ0n) is 13.7. The van der Waals surface area contributed by atoms with Crippen molar-refractivity contribution in [3.05, 3.63) is 75.6 Å². The van der Waals surface area contributed by atoms with Crippen LogP contribution in [0.3, 0.4) is 0 Å². The fourth-order valence-corrected chi connectivity index (χ4v) is 3.54. The fraction of sp³-hybridized carbons (Fsp3) is 0.158. The van der Waals surface area contributed by atoms with Gasteiger partial charge in [-0.15, -0.1) is 11.3 Å². The number of nitrogens with one attached hydrogen (secondary N) is 1. The van der Waals surface area contributed by atoms with Gasteiger partial charge in [0.15, 0.2) is 5.43 Å².